The molecule has 1 aliphatic rings. The molecule has 0 aliphatic carbocycles. The highest BCUT2D eigenvalue weighted by atomic mass is 32.1. The Bertz CT molecular complexity index is 161. The molecule has 64 valence electrons. The van der Waals surface area contributed by atoms with Crippen LogP contribution in [-0.2, 0) is 0 Å². The summed E-state index contributed by atoms with van der Waals surface area (Å²) in [4.78, 5) is 2.15. The molecule has 1 N–H and O–H groups in total. The predicted molar refractivity (Wildman–Crippen MR) is 55.2 cm³/mol. The van der Waals surface area contributed by atoms with Gasteiger partial charge in [0, 0.05) is 25.2 Å². The van der Waals surface area contributed by atoms with E-state index in [1.807, 2.05) is 0 Å². The van der Waals surface area contributed by atoms with Crippen molar-refractivity contribution in [3.8, 4) is 0 Å². The molecule has 2 nitrogen and oxygen atoms in total. The maximum Gasteiger partial charge on any atom is 0.133 e. The standard InChI is InChI=1S/C7H14N2S2/c1-5-6(2)9(7(10)11)4-3-8-5/h5-6,8H,3-4H2,1-2H3,(H,10,11)/t5-,6+/m1/s1. The second-order valence-corrected chi connectivity index (χ2v) is 4.07. The molecule has 0 saturated carbocycles. The van der Waals surface area contributed by atoms with E-state index in [4.69, 9.17) is 12.2 Å². The van der Waals surface area contributed by atoms with Gasteiger partial charge < -0.3 is 10.2 Å². The second kappa shape index (κ2) is 3.74. The summed E-state index contributed by atoms with van der Waals surface area (Å²) in [5, 5.41) is 3.38. The van der Waals surface area contributed by atoms with Crippen molar-refractivity contribution in [2.45, 2.75) is 25.9 Å². The van der Waals surface area contributed by atoms with Gasteiger partial charge >= 0.3 is 0 Å². The Labute approximate surface area is 78.7 Å². The monoisotopic (exact) mass is 190 g/mol. The van der Waals surface area contributed by atoms with Crippen molar-refractivity contribution in [3.05, 3.63) is 0 Å². The van der Waals surface area contributed by atoms with Crippen molar-refractivity contribution in [1.82, 2.24) is 10.2 Å². The molecule has 0 bridgehead atoms. The van der Waals surface area contributed by atoms with Crippen molar-refractivity contribution in [2.24, 2.45) is 0 Å². The van der Waals surface area contributed by atoms with E-state index in [1.165, 1.54) is 0 Å². The summed E-state index contributed by atoms with van der Waals surface area (Å²) >= 11 is 9.18. The Morgan fingerprint density at radius 3 is 2.73 bits per heavy atom. The van der Waals surface area contributed by atoms with Gasteiger partial charge in [-0.2, -0.15) is 0 Å². The highest BCUT2D eigenvalue weighted by molar-refractivity contribution is 8.10. The van der Waals surface area contributed by atoms with E-state index in [2.05, 4.69) is 36.7 Å². The van der Waals surface area contributed by atoms with E-state index in [0.717, 1.165) is 13.1 Å². The molecule has 1 rings (SSSR count). The van der Waals surface area contributed by atoms with Crippen LogP contribution in [0, 0.1) is 0 Å². The molecule has 1 aliphatic heterocycles. The maximum absolute atomic E-state index is 5.01. The van der Waals surface area contributed by atoms with Crippen molar-refractivity contribution in [3.63, 3.8) is 0 Å². The Morgan fingerprint density at radius 1 is 1.64 bits per heavy atom. The van der Waals surface area contributed by atoms with Crippen LogP contribution in [0.5, 0.6) is 0 Å². The van der Waals surface area contributed by atoms with Gasteiger partial charge in [-0.05, 0) is 13.8 Å². The summed E-state index contributed by atoms with van der Waals surface area (Å²) in [7, 11) is 0. The zero-order valence-electron chi connectivity index (χ0n) is 6.87. The van der Waals surface area contributed by atoms with Crippen LogP contribution < -0.4 is 5.32 Å². The van der Waals surface area contributed by atoms with E-state index in [9.17, 15) is 0 Å². The van der Waals surface area contributed by atoms with E-state index < -0.39 is 0 Å². The number of nitrogens with one attached hydrogen (secondary N) is 1. The molecule has 0 aromatic carbocycles. The molecular formula is C7H14N2S2. The first-order chi connectivity index (χ1) is 5.13. The van der Waals surface area contributed by atoms with Crippen molar-refractivity contribution < 1.29 is 0 Å². The van der Waals surface area contributed by atoms with Crippen molar-refractivity contribution in [1.29, 1.82) is 0 Å². The molecule has 4 heteroatoms. The van der Waals surface area contributed by atoms with Gasteiger partial charge in [0.05, 0.1) is 0 Å². The average Bonchev–Trinajstić information content (AvgIpc) is 1.94. The Balaban J connectivity index is 2.58. The lowest BCUT2D eigenvalue weighted by atomic mass is 10.1. The highest BCUT2D eigenvalue weighted by Gasteiger charge is 2.24. The smallest absolute Gasteiger partial charge is 0.133 e. The van der Waals surface area contributed by atoms with Gasteiger partial charge in [-0.15, -0.1) is 12.6 Å². The number of piperazine rings is 1. The van der Waals surface area contributed by atoms with Gasteiger partial charge in [0.15, 0.2) is 0 Å². The normalized spacial score (nSPS) is 32.1. The zero-order valence-corrected chi connectivity index (χ0v) is 8.58. The number of thiol groups is 1. The molecule has 1 saturated heterocycles. The molecule has 1 fully saturated rings. The van der Waals surface area contributed by atoms with Crippen LogP contribution in [0.2, 0.25) is 0 Å². The van der Waals surface area contributed by atoms with Crippen LogP contribution in [0.25, 0.3) is 0 Å². The fourth-order valence-electron chi connectivity index (χ4n) is 1.33. The Kier molecular flexibility index (Phi) is 3.16. The topological polar surface area (TPSA) is 15.3 Å². The van der Waals surface area contributed by atoms with Gasteiger partial charge in [-0.25, -0.2) is 0 Å². The van der Waals surface area contributed by atoms with Gasteiger partial charge in [0.2, 0.25) is 0 Å². The largest absolute Gasteiger partial charge is 0.352 e. The minimum Gasteiger partial charge on any atom is -0.352 e. The number of nitrogens with zero attached hydrogens (tertiary/aromatic N) is 1. The summed E-state index contributed by atoms with van der Waals surface area (Å²) < 4.78 is 0.714. The van der Waals surface area contributed by atoms with E-state index in [1.54, 1.807) is 0 Å². The Hall–Kier alpha value is 0.200. The second-order valence-electron chi connectivity index (χ2n) is 2.96. The molecule has 0 radical (unpaired) electrons. The summed E-state index contributed by atoms with van der Waals surface area (Å²) in [6.45, 7) is 6.32. The first-order valence-electron chi connectivity index (χ1n) is 3.86. The van der Waals surface area contributed by atoms with Crippen LogP contribution in [0.1, 0.15) is 13.8 Å². The minimum absolute atomic E-state index is 0.466. The third-order valence-corrected chi connectivity index (χ3v) is 2.77. The fraction of sp³-hybridized carbons (Fsp3) is 0.857. The molecule has 2 atom stereocenters. The Morgan fingerprint density at radius 2 is 2.27 bits per heavy atom. The summed E-state index contributed by atoms with van der Waals surface area (Å²) in [5.41, 5.74) is 0. The van der Waals surface area contributed by atoms with E-state index in [-0.39, 0.29) is 0 Å². The van der Waals surface area contributed by atoms with Crippen molar-refractivity contribution >= 4 is 29.2 Å². The SMILES string of the molecule is C[C@H]1NCCN(C(=S)S)[C@H]1C. The first-order valence-corrected chi connectivity index (χ1v) is 4.71. The number of rotatable bonds is 0. The van der Waals surface area contributed by atoms with Gasteiger partial charge in [0.1, 0.15) is 4.32 Å². The van der Waals surface area contributed by atoms with Crippen LogP contribution in [0.3, 0.4) is 0 Å². The van der Waals surface area contributed by atoms with Crippen LogP contribution in [0.15, 0.2) is 0 Å². The maximum atomic E-state index is 5.01. The fourth-order valence-corrected chi connectivity index (χ4v) is 1.87. The lowest BCUT2D eigenvalue weighted by Gasteiger charge is -2.39. The lowest BCUT2D eigenvalue weighted by molar-refractivity contribution is 0.229. The number of thiocarbonyl (C=S) groups is 1. The van der Waals surface area contributed by atoms with Gasteiger partial charge in [0.25, 0.3) is 0 Å². The third kappa shape index (κ3) is 2.07. The molecule has 0 aromatic rings. The van der Waals surface area contributed by atoms with Crippen LogP contribution in [-0.4, -0.2) is 34.4 Å². The van der Waals surface area contributed by atoms with Crippen molar-refractivity contribution in [2.75, 3.05) is 13.1 Å². The quantitative estimate of drug-likeness (QED) is 0.436. The van der Waals surface area contributed by atoms with Gasteiger partial charge in [-0.3, -0.25) is 0 Å². The first kappa shape index (κ1) is 9.29. The molecule has 1 heterocycles. The summed E-state index contributed by atoms with van der Waals surface area (Å²) in [6, 6.07) is 0.975. The summed E-state index contributed by atoms with van der Waals surface area (Å²) in [6.07, 6.45) is 0. The van der Waals surface area contributed by atoms with Gasteiger partial charge in [-0.1, -0.05) is 12.2 Å². The lowest BCUT2D eigenvalue weighted by Crippen LogP contribution is -2.55. The van der Waals surface area contributed by atoms with Crippen LogP contribution in [0.4, 0.5) is 0 Å². The van der Waals surface area contributed by atoms with Crippen LogP contribution >= 0.6 is 24.8 Å². The molecule has 0 spiro atoms. The van der Waals surface area contributed by atoms with E-state index in [0.29, 0.717) is 16.4 Å². The molecule has 0 unspecified atom stereocenters. The van der Waals surface area contributed by atoms with E-state index >= 15 is 0 Å². The number of hydrogen-bond donors (Lipinski definition) is 2. The summed E-state index contributed by atoms with van der Waals surface area (Å²) in [5.74, 6) is 0. The highest BCUT2D eigenvalue weighted by Crippen LogP contribution is 2.10. The predicted octanol–water partition coefficient (Wildman–Crippen LogP) is 0.883. The average molecular weight is 190 g/mol. The molecule has 11 heavy (non-hydrogen) atoms. The zero-order chi connectivity index (χ0) is 8.43. The molecule has 0 amide bonds. The minimum atomic E-state index is 0.466. The number of hydrogen-bond acceptors (Lipinski definition) is 2. The third-order valence-electron chi connectivity index (χ3n) is 2.28. The molecule has 0 aromatic heterocycles. The molecular weight excluding hydrogens is 176 g/mol.